The molecule has 0 amide bonds. The van der Waals surface area contributed by atoms with Crippen LogP contribution in [-0.4, -0.2) is 15.4 Å². The van der Waals surface area contributed by atoms with Crippen LogP contribution in [-0.2, 0) is 17.5 Å². The van der Waals surface area contributed by atoms with E-state index in [1.807, 2.05) is 0 Å². The fraction of sp³-hybridized carbons (Fsp3) is 0.250. The van der Waals surface area contributed by atoms with E-state index in [1.165, 1.54) is 0 Å². The van der Waals surface area contributed by atoms with Gasteiger partial charge in [0, 0.05) is 11.3 Å². The molecular formula is C8H7O3S-. The summed E-state index contributed by atoms with van der Waals surface area (Å²) in [5, 5.41) is 0. The van der Waals surface area contributed by atoms with Crippen molar-refractivity contribution in [2.75, 3.05) is 6.61 Å². The molecule has 1 aliphatic rings. The molecule has 0 bridgehead atoms. The largest absolute Gasteiger partial charge is 0.768 e. The van der Waals surface area contributed by atoms with Gasteiger partial charge in [0.25, 0.3) is 0 Å². The van der Waals surface area contributed by atoms with Gasteiger partial charge in [-0.15, -0.1) is 0 Å². The van der Waals surface area contributed by atoms with Gasteiger partial charge in [0.05, 0.1) is 6.61 Å². The van der Waals surface area contributed by atoms with Gasteiger partial charge in [-0.1, -0.05) is 0 Å². The predicted molar refractivity (Wildman–Crippen MR) is 42.8 cm³/mol. The lowest BCUT2D eigenvalue weighted by Gasteiger charge is -2.05. The smallest absolute Gasteiger partial charge is 0.122 e. The molecule has 64 valence electrons. The summed E-state index contributed by atoms with van der Waals surface area (Å²) in [6.45, 7) is 0.657. The summed E-state index contributed by atoms with van der Waals surface area (Å²) in [6, 6.07) is 4.91. The molecule has 0 aliphatic carbocycles. The fourth-order valence-electron chi connectivity index (χ4n) is 1.27. The van der Waals surface area contributed by atoms with E-state index in [0.717, 1.165) is 17.7 Å². The van der Waals surface area contributed by atoms with Crippen molar-refractivity contribution in [3.63, 3.8) is 0 Å². The maximum atomic E-state index is 10.6. The van der Waals surface area contributed by atoms with Crippen LogP contribution >= 0.6 is 0 Å². The summed E-state index contributed by atoms with van der Waals surface area (Å²) in [6.07, 6.45) is 0.806. The molecule has 0 saturated heterocycles. The van der Waals surface area contributed by atoms with Crippen LogP contribution in [0, 0.1) is 0 Å². The van der Waals surface area contributed by atoms with Gasteiger partial charge < -0.3 is 9.29 Å². The van der Waals surface area contributed by atoms with E-state index < -0.39 is 11.1 Å². The predicted octanol–water partition coefficient (Wildman–Crippen LogP) is 0.860. The van der Waals surface area contributed by atoms with E-state index in [9.17, 15) is 8.76 Å². The maximum absolute atomic E-state index is 10.6. The molecule has 2 rings (SSSR count). The number of hydrogen-bond acceptors (Lipinski definition) is 3. The monoisotopic (exact) mass is 183 g/mol. The highest BCUT2D eigenvalue weighted by atomic mass is 32.2. The molecular weight excluding hydrogens is 176 g/mol. The Labute approximate surface area is 72.6 Å². The second-order valence-corrected chi connectivity index (χ2v) is 3.54. The normalized spacial score (nSPS) is 16.8. The molecule has 1 heterocycles. The van der Waals surface area contributed by atoms with E-state index in [1.54, 1.807) is 18.2 Å². The van der Waals surface area contributed by atoms with Gasteiger partial charge in [0.1, 0.15) is 5.75 Å². The minimum atomic E-state index is -2.13. The van der Waals surface area contributed by atoms with Crippen LogP contribution in [0.2, 0.25) is 0 Å². The zero-order valence-corrected chi connectivity index (χ0v) is 7.10. The summed E-state index contributed by atoms with van der Waals surface area (Å²) in [4.78, 5) is 0.333. The van der Waals surface area contributed by atoms with Crippen molar-refractivity contribution in [1.29, 1.82) is 0 Å². The van der Waals surface area contributed by atoms with E-state index in [0.29, 0.717) is 11.5 Å². The van der Waals surface area contributed by atoms with E-state index in [4.69, 9.17) is 4.74 Å². The Morgan fingerprint density at radius 3 is 3.08 bits per heavy atom. The summed E-state index contributed by atoms with van der Waals surface area (Å²) in [5.41, 5.74) is 0.983. The Balaban J connectivity index is 2.45. The quantitative estimate of drug-likeness (QED) is 0.607. The van der Waals surface area contributed by atoms with Gasteiger partial charge in [-0.2, -0.15) is 0 Å². The molecule has 1 atom stereocenters. The minimum Gasteiger partial charge on any atom is -0.768 e. The second-order valence-electron chi connectivity index (χ2n) is 2.60. The molecule has 0 radical (unpaired) electrons. The second kappa shape index (κ2) is 2.88. The first-order valence-electron chi connectivity index (χ1n) is 3.62. The number of rotatable bonds is 1. The van der Waals surface area contributed by atoms with Gasteiger partial charge >= 0.3 is 0 Å². The van der Waals surface area contributed by atoms with Gasteiger partial charge in [-0.25, -0.2) is 0 Å². The summed E-state index contributed by atoms with van der Waals surface area (Å²) < 4.78 is 26.4. The Kier molecular flexibility index (Phi) is 1.86. The van der Waals surface area contributed by atoms with Gasteiger partial charge in [-0.3, -0.25) is 4.21 Å². The molecule has 0 fully saturated rings. The summed E-state index contributed by atoms with van der Waals surface area (Å²) >= 11 is -2.13. The third-order valence-corrected chi connectivity index (χ3v) is 2.49. The Morgan fingerprint density at radius 1 is 1.50 bits per heavy atom. The maximum Gasteiger partial charge on any atom is 0.122 e. The minimum absolute atomic E-state index is 0.333. The molecule has 1 unspecified atom stereocenters. The van der Waals surface area contributed by atoms with Crippen LogP contribution in [0.15, 0.2) is 23.1 Å². The summed E-state index contributed by atoms with van der Waals surface area (Å²) in [7, 11) is 0. The van der Waals surface area contributed by atoms with Crippen molar-refractivity contribution in [3.05, 3.63) is 23.8 Å². The molecule has 0 aromatic heterocycles. The van der Waals surface area contributed by atoms with Crippen LogP contribution < -0.4 is 4.74 Å². The highest BCUT2D eigenvalue weighted by molar-refractivity contribution is 7.79. The SMILES string of the molecule is O=S([O-])c1ccc2c(c1)CCO2. The van der Waals surface area contributed by atoms with Gasteiger partial charge in [0.2, 0.25) is 0 Å². The summed E-state index contributed by atoms with van der Waals surface area (Å²) in [5.74, 6) is 0.809. The topological polar surface area (TPSA) is 49.4 Å². The first kappa shape index (κ1) is 7.76. The fourth-order valence-corrected chi connectivity index (χ4v) is 1.68. The van der Waals surface area contributed by atoms with Gasteiger partial charge in [-0.05, 0) is 34.8 Å². The van der Waals surface area contributed by atoms with Crippen LogP contribution in [0.4, 0.5) is 0 Å². The van der Waals surface area contributed by atoms with Crippen molar-refractivity contribution in [3.8, 4) is 5.75 Å². The molecule has 12 heavy (non-hydrogen) atoms. The first-order chi connectivity index (χ1) is 5.77. The van der Waals surface area contributed by atoms with Crippen molar-refractivity contribution in [1.82, 2.24) is 0 Å². The van der Waals surface area contributed by atoms with Crippen LogP contribution in [0.25, 0.3) is 0 Å². The first-order valence-corrected chi connectivity index (χ1v) is 4.70. The van der Waals surface area contributed by atoms with Crippen LogP contribution in [0.3, 0.4) is 0 Å². The Hall–Kier alpha value is -0.870. The van der Waals surface area contributed by atoms with Crippen molar-refractivity contribution in [2.45, 2.75) is 11.3 Å². The zero-order valence-electron chi connectivity index (χ0n) is 6.28. The Morgan fingerprint density at radius 2 is 2.33 bits per heavy atom. The molecule has 0 N–H and O–H groups in total. The van der Waals surface area contributed by atoms with Crippen LogP contribution in [0.5, 0.6) is 5.75 Å². The molecule has 0 spiro atoms. The third kappa shape index (κ3) is 1.23. The average Bonchev–Trinajstić information content (AvgIpc) is 2.49. The van der Waals surface area contributed by atoms with Crippen LogP contribution in [0.1, 0.15) is 5.56 Å². The standard InChI is InChI=1S/C8H8O3S/c9-12(10)7-1-2-8-6(5-7)3-4-11-8/h1-2,5H,3-4H2,(H,9,10)/p-1. The number of hydrogen-bond donors (Lipinski definition) is 0. The molecule has 3 nitrogen and oxygen atoms in total. The number of fused-ring (bicyclic) bond motifs is 1. The number of benzene rings is 1. The van der Waals surface area contributed by atoms with E-state index in [2.05, 4.69) is 0 Å². The highest BCUT2D eigenvalue weighted by Gasteiger charge is 2.11. The van der Waals surface area contributed by atoms with Gasteiger partial charge in [0.15, 0.2) is 0 Å². The zero-order chi connectivity index (χ0) is 8.55. The van der Waals surface area contributed by atoms with Crippen molar-refractivity contribution >= 4 is 11.1 Å². The van der Waals surface area contributed by atoms with Crippen molar-refractivity contribution in [2.24, 2.45) is 0 Å². The van der Waals surface area contributed by atoms with E-state index >= 15 is 0 Å². The Bertz CT molecular complexity index is 335. The molecule has 1 aromatic carbocycles. The lowest BCUT2D eigenvalue weighted by molar-refractivity contribution is 0.356. The molecule has 4 heteroatoms. The molecule has 1 aromatic rings. The third-order valence-electron chi connectivity index (χ3n) is 1.85. The molecule has 0 saturated carbocycles. The lowest BCUT2D eigenvalue weighted by Crippen LogP contribution is -1.89. The average molecular weight is 183 g/mol. The molecule has 1 aliphatic heterocycles. The highest BCUT2D eigenvalue weighted by Crippen LogP contribution is 2.26. The lowest BCUT2D eigenvalue weighted by atomic mass is 10.2. The van der Waals surface area contributed by atoms with E-state index in [-0.39, 0.29) is 0 Å². The van der Waals surface area contributed by atoms with Crippen molar-refractivity contribution < 1.29 is 13.5 Å². The number of ether oxygens (including phenoxy) is 1.